The lowest BCUT2D eigenvalue weighted by atomic mass is 10.2. The number of halogens is 1. The molecule has 1 N–H and O–H groups in total. The third-order valence-electron chi connectivity index (χ3n) is 4.08. The second-order valence-corrected chi connectivity index (χ2v) is 11.3. The Morgan fingerprint density at radius 1 is 0.833 bits per heavy atom. The fourth-order valence-electron chi connectivity index (χ4n) is 2.98. The molecule has 1 heterocycles. The van der Waals surface area contributed by atoms with Gasteiger partial charge in [0.15, 0.2) is 0 Å². The first-order valence-electron chi connectivity index (χ1n) is 9.65. The van der Waals surface area contributed by atoms with Crippen LogP contribution in [0.4, 0.5) is 0 Å². The number of nitrogens with one attached hydrogen (secondary N) is 1. The van der Waals surface area contributed by atoms with Crippen molar-refractivity contribution in [1.82, 2.24) is 19.3 Å². The van der Waals surface area contributed by atoms with Gasteiger partial charge in [0, 0.05) is 56.8 Å². The second kappa shape index (κ2) is 12.4. The highest BCUT2D eigenvalue weighted by Crippen LogP contribution is 2.42. The molecule has 4 nitrogen and oxygen atoms in total. The number of nitrogens with zero attached hydrogens (tertiary/aromatic N) is 3. The van der Waals surface area contributed by atoms with Crippen molar-refractivity contribution in [2.24, 2.45) is 17.8 Å². The van der Waals surface area contributed by atoms with E-state index in [1.54, 1.807) is 0 Å². The molecule has 6 heteroatoms. The van der Waals surface area contributed by atoms with Crippen molar-refractivity contribution in [3.05, 3.63) is 0 Å². The van der Waals surface area contributed by atoms with E-state index in [1.807, 2.05) is 0 Å². The Labute approximate surface area is 166 Å². The van der Waals surface area contributed by atoms with Gasteiger partial charge in [0.2, 0.25) is 0 Å². The molecule has 0 bridgehead atoms. The Morgan fingerprint density at radius 3 is 1.71 bits per heavy atom. The minimum absolute atomic E-state index is 0.380. The van der Waals surface area contributed by atoms with Gasteiger partial charge in [-0.1, -0.05) is 64.1 Å². The summed E-state index contributed by atoms with van der Waals surface area (Å²) in [5, 5.41) is 3.94. The summed E-state index contributed by atoms with van der Waals surface area (Å²) in [7, 11) is -0.380. The van der Waals surface area contributed by atoms with Crippen LogP contribution >= 0.6 is 31.0 Å². The largest absolute Gasteiger partial charge is 0.300 e. The summed E-state index contributed by atoms with van der Waals surface area (Å²) < 4.78 is 6.74. The van der Waals surface area contributed by atoms with Gasteiger partial charge in [0.25, 0.3) is 0 Å². The van der Waals surface area contributed by atoms with E-state index in [0.717, 1.165) is 6.54 Å². The summed E-state index contributed by atoms with van der Waals surface area (Å²) in [6.07, 6.45) is 0. The van der Waals surface area contributed by atoms with Crippen molar-refractivity contribution in [3.63, 3.8) is 0 Å². The van der Waals surface area contributed by atoms with Gasteiger partial charge < -0.3 is 4.90 Å². The summed E-state index contributed by atoms with van der Waals surface area (Å²) in [4.78, 5) is 2.65. The maximum Gasteiger partial charge on any atom is 0.117 e. The molecule has 0 atom stereocenters. The number of alkyl halides is 1. The molecule has 1 saturated heterocycles. The molecule has 0 unspecified atom stereocenters. The molecule has 0 radical (unpaired) electrons. The molecule has 1 fully saturated rings. The summed E-state index contributed by atoms with van der Waals surface area (Å²) in [5.41, 5.74) is 0. The summed E-state index contributed by atoms with van der Waals surface area (Å²) in [5.74, 6) is 2.14. The molecule has 0 saturated carbocycles. The molecule has 24 heavy (non-hydrogen) atoms. The Morgan fingerprint density at radius 2 is 1.33 bits per heavy atom. The van der Waals surface area contributed by atoms with Crippen LogP contribution in [0.25, 0.3) is 0 Å². The van der Waals surface area contributed by atoms with Crippen LogP contribution in [0, 0.1) is 17.8 Å². The van der Waals surface area contributed by atoms with Gasteiger partial charge >= 0.3 is 0 Å². The van der Waals surface area contributed by atoms with Crippen LogP contribution in [-0.2, 0) is 0 Å². The Balaban J connectivity index is 2.90. The van der Waals surface area contributed by atoms with Crippen molar-refractivity contribution in [2.45, 2.75) is 41.5 Å². The van der Waals surface area contributed by atoms with E-state index < -0.39 is 0 Å². The lowest BCUT2D eigenvalue weighted by Gasteiger charge is -2.44. The van der Waals surface area contributed by atoms with Crippen LogP contribution in [0.1, 0.15) is 41.5 Å². The topological polar surface area (TPSA) is 21.8 Å². The van der Waals surface area contributed by atoms with E-state index in [4.69, 9.17) is 0 Å². The second-order valence-electron chi connectivity index (χ2n) is 8.19. The lowest BCUT2D eigenvalue weighted by Crippen LogP contribution is -2.48. The minimum Gasteiger partial charge on any atom is -0.300 e. The molecule has 0 aromatic carbocycles. The van der Waals surface area contributed by atoms with Gasteiger partial charge in [0.05, 0.1) is 0 Å². The van der Waals surface area contributed by atoms with E-state index in [0.29, 0.717) is 17.8 Å². The zero-order chi connectivity index (χ0) is 18.1. The summed E-state index contributed by atoms with van der Waals surface area (Å²) in [6, 6.07) is 0. The number of hydrogen-bond donors (Lipinski definition) is 1. The average molecular weight is 470 g/mol. The molecule has 0 aromatic rings. The maximum atomic E-state index is 3.94. The van der Waals surface area contributed by atoms with E-state index in [-0.39, 0.29) is 8.37 Å². The van der Waals surface area contributed by atoms with E-state index >= 15 is 0 Å². The molecule has 1 rings (SSSR count). The molecule has 0 spiro atoms. The molecule has 0 amide bonds. The average Bonchev–Trinajstić information content (AvgIpc) is 2.46. The molecule has 1 aliphatic rings. The van der Waals surface area contributed by atoms with Crippen LogP contribution < -0.4 is 5.09 Å². The van der Waals surface area contributed by atoms with Gasteiger partial charge in [-0.2, -0.15) is 0 Å². The SMILES string of the molecule is CC(C)CNP1N(CC(C)C)CCN(CCI)CCN1CC(C)C. The minimum atomic E-state index is -0.380. The van der Waals surface area contributed by atoms with Crippen LogP contribution in [0.5, 0.6) is 0 Å². The zero-order valence-corrected chi connectivity index (χ0v) is 19.8. The highest BCUT2D eigenvalue weighted by atomic mass is 127. The molecular weight excluding hydrogens is 430 g/mol. The normalized spacial score (nSPS) is 20.2. The number of hydrogen-bond acceptors (Lipinski definition) is 4. The maximum absolute atomic E-state index is 3.94. The summed E-state index contributed by atoms with van der Waals surface area (Å²) >= 11 is 2.51. The van der Waals surface area contributed by atoms with Crippen LogP contribution in [0.15, 0.2) is 0 Å². The predicted octanol–water partition coefficient (Wildman–Crippen LogP) is 4.13. The lowest BCUT2D eigenvalue weighted by molar-refractivity contribution is 0.208. The summed E-state index contributed by atoms with van der Waals surface area (Å²) in [6.45, 7) is 23.6. The standard InChI is InChI=1S/C18H40IN4P/c1-16(2)13-20-24-22(14-17(3)4)11-9-21(8-7-19)10-12-23(24)15-18(5)6/h16-18,20H,7-15H2,1-6H3. The first-order chi connectivity index (χ1) is 11.3. The van der Waals surface area contributed by atoms with Gasteiger partial charge in [-0.25, -0.2) is 0 Å². The quantitative estimate of drug-likeness (QED) is 0.311. The first kappa shape index (κ1) is 23.0. The molecular formula is C18H40IN4P. The fourth-order valence-corrected chi connectivity index (χ4v) is 6.47. The van der Waals surface area contributed by atoms with Crippen molar-refractivity contribution in [3.8, 4) is 0 Å². The molecule has 1 aliphatic heterocycles. The van der Waals surface area contributed by atoms with Crippen molar-refractivity contribution in [1.29, 1.82) is 0 Å². The molecule has 0 aliphatic carbocycles. The first-order valence-corrected chi connectivity index (χ1v) is 12.4. The Hall–Kier alpha value is 1.00. The third kappa shape index (κ3) is 9.09. The van der Waals surface area contributed by atoms with Crippen LogP contribution in [0.2, 0.25) is 0 Å². The Bertz CT molecular complexity index is 306. The van der Waals surface area contributed by atoms with Gasteiger partial charge in [-0.05, 0) is 17.8 Å². The van der Waals surface area contributed by atoms with Gasteiger partial charge in [-0.3, -0.25) is 14.4 Å². The monoisotopic (exact) mass is 470 g/mol. The van der Waals surface area contributed by atoms with Gasteiger partial charge in [-0.15, -0.1) is 0 Å². The zero-order valence-electron chi connectivity index (χ0n) is 16.8. The van der Waals surface area contributed by atoms with Crippen LogP contribution in [-0.4, -0.2) is 71.0 Å². The van der Waals surface area contributed by atoms with Crippen molar-refractivity contribution >= 4 is 31.0 Å². The smallest absolute Gasteiger partial charge is 0.117 e. The van der Waals surface area contributed by atoms with E-state index in [9.17, 15) is 0 Å². The number of rotatable bonds is 9. The highest BCUT2D eigenvalue weighted by molar-refractivity contribution is 14.1. The Kier molecular flexibility index (Phi) is 11.9. The molecule has 0 aromatic heterocycles. The predicted molar refractivity (Wildman–Crippen MR) is 118 cm³/mol. The van der Waals surface area contributed by atoms with E-state index in [1.165, 1.54) is 50.2 Å². The van der Waals surface area contributed by atoms with Crippen LogP contribution in [0.3, 0.4) is 0 Å². The highest BCUT2D eigenvalue weighted by Gasteiger charge is 2.29. The van der Waals surface area contributed by atoms with E-state index in [2.05, 4.69) is 83.5 Å². The van der Waals surface area contributed by atoms with Crippen molar-refractivity contribution < 1.29 is 0 Å². The third-order valence-corrected chi connectivity index (χ3v) is 6.82. The van der Waals surface area contributed by atoms with Crippen molar-refractivity contribution in [2.75, 3.05) is 56.8 Å². The molecule has 144 valence electrons. The van der Waals surface area contributed by atoms with Gasteiger partial charge in [0.1, 0.15) is 8.37 Å². The fraction of sp³-hybridized carbons (Fsp3) is 1.00.